The molecule has 0 heterocycles. The van der Waals surface area contributed by atoms with Crippen LogP contribution in [0.5, 0.6) is 0 Å². The zero-order valence-electron chi connectivity index (χ0n) is 13.6. The van der Waals surface area contributed by atoms with E-state index in [0.717, 1.165) is 6.42 Å². The molecule has 0 fully saturated rings. The number of hydrogen-bond donors (Lipinski definition) is 0. The zero-order valence-corrected chi connectivity index (χ0v) is 14.6. The summed E-state index contributed by atoms with van der Waals surface area (Å²) in [6, 6.07) is 0. The Morgan fingerprint density at radius 1 is 0.722 bits per heavy atom. The molecule has 3 nitrogen and oxygen atoms in total. The van der Waals surface area contributed by atoms with E-state index in [1.54, 1.807) is 0 Å². The highest BCUT2D eigenvalue weighted by molar-refractivity contribution is 6.64. The van der Waals surface area contributed by atoms with Gasteiger partial charge in [-0.2, -0.15) is 0 Å². The Labute approximate surface area is 115 Å². The summed E-state index contributed by atoms with van der Waals surface area (Å²) >= 11 is 0. The molecule has 4 heteroatoms. The van der Waals surface area contributed by atoms with Crippen LogP contribution in [0, 0.1) is 5.41 Å². The van der Waals surface area contributed by atoms with Crippen molar-refractivity contribution in [2.24, 2.45) is 5.41 Å². The van der Waals surface area contributed by atoms with Gasteiger partial charge >= 0.3 is 8.80 Å². The first kappa shape index (κ1) is 18.1. The van der Waals surface area contributed by atoms with Gasteiger partial charge < -0.3 is 13.3 Å². The molecule has 0 atom stereocenters. The van der Waals surface area contributed by atoms with Crippen LogP contribution in [0.1, 0.15) is 61.8 Å². The minimum absolute atomic E-state index is 0.110. The van der Waals surface area contributed by atoms with Crippen molar-refractivity contribution in [2.45, 2.75) is 66.8 Å². The highest BCUT2D eigenvalue weighted by atomic mass is 28.4. The molecule has 0 aromatic carbocycles. The van der Waals surface area contributed by atoms with Gasteiger partial charge in [-0.25, -0.2) is 0 Å². The van der Waals surface area contributed by atoms with E-state index >= 15 is 0 Å². The van der Waals surface area contributed by atoms with Crippen molar-refractivity contribution in [1.82, 2.24) is 0 Å². The second kappa shape index (κ2) is 7.03. The summed E-state index contributed by atoms with van der Waals surface area (Å²) in [6.07, 6.45) is 1.07. The van der Waals surface area contributed by atoms with E-state index in [1.807, 2.05) is 20.8 Å². The average Bonchev–Trinajstić information content (AvgIpc) is 2.29. The largest absolute Gasteiger partial charge is 0.507 e. The first-order valence-corrected chi connectivity index (χ1v) is 8.89. The first-order chi connectivity index (χ1) is 8.24. The Morgan fingerprint density at radius 2 is 1.06 bits per heavy atom. The zero-order chi connectivity index (χ0) is 14.4. The van der Waals surface area contributed by atoms with E-state index in [-0.39, 0.29) is 10.5 Å². The fourth-order valence-electron chi connectivity index (χ4n) is 2.09. The molecule has 0 aliphatic carbocycles. The van der Waals surface area contributed by atoms with Crippen molar-refractivity contribution in [2.75, 3.05) is 19.8 Å². The third-order valence-corrected chi connectivity index (χ3v) is 8.56. The first-order valence-electron chi connectivity index (χ1n) is 7.16. The number of rotatable bonds is 9. The van der Waals surface area contributed by atoms with E-state index < -0.39 is 8.80 Å². The lowest BCUT2D eigenvalue weighted by Crippen LogP contribution is -2.59. The predicted octanol–water partition coefficient (Wildman–Crippen LogP) is 4.25. The van der Waals surface area contributed by atoms with Crippen molar-refractivity contribution in [1.29, 1.82) is 0 Å². The molecule has 0 spiro atoms. The quantitative estimate of drug-likeness (QED) is 0.589. The molecule has 0 N–H and O–H groups in total. The molecular weight excluding hydrogens is 244 g/mol. The standard InChI is InChI=1S/C14H32O3Si/c1-9-13(5,6)14(7,8)18(15-10-2,16-11-3)17-12-4/h9-12H2,1-8H3. The molecule has 0 aliphatic rings. The molecule has 0 saturated carbocycles. The van der Waals surface area contributed by atoms with Gasteiger partial charge in [0.25, 0.3) is 0 Å². The molecule has 0 aromatic heterocycles. The van der Waals surface area contributed by atoms with Crippen LogP contribution in [0.25, 0.3) is 0 Å². The molecule has 110 valence electrons. The van der Waals surface area contributed by atoms with Crippen LogP contribution in [0.15, 0.2) is 0 Å². The smallest absolute Gasteiger partial charge is 0.373 e. The minimum atomic E-state index is -2.68. The van der Waals surface area contributed by atoms with Gasteiger partial charge in [0.15, 0.2) is 0 Å². The molecule has 0 unspecified atom stereocenters. The lowest BCUT2D eigenvalue weighted by Gasteiger charge is -2.49. The van der Waals surface area contributed by atoms with Gasteiger partial charge in [-0.05, 0) is 26.2 Å². The molecule has 0 aromatic rings. The molecule has 0 rings (SSSR count). The molecule has 0 amide bonds. The van der Waals surface area contributed by atoms with Gasteiger partial charge in [-0.3, -0.25) is 0 Å². The Balaban J connectivity index is 5.50. The SMILES string of the molecule is CCO[Si](OCC)(OCC)C(C)(C)C(C)(C)CC. The topological polar surface area (TPSA) is 27.7 Å². The van der Waals surface area contributed by atoms with Gasteiger partial charge in [-0.1, -0.05) is 41.0 Å². The summed E-state index contributed by atoms with van der Waals surface area (Å²) in [5, 5.41) is -0.114. The molecule has 0 bridgehead atoms. The average molecular weight is 276 g/mol. The van der Waals surface area contributed by atoms with Crippen molar-refractivity contribution in [3.05, 3.63) is 0 Å². The van der Waals surface area contributed by atoms with Gasteiger partial charge in [0, 0.05) is 24.9 Å². The van der Waals surface area contributed by atoms with Gasteiger partial charge in [0.2, 0.25) is 0 Å². The van der Waals surface area contributed by atoms with E-state index in [1.165, 1.54) is 0 Å². The third-order valence-electron chi connectivity index (χ3n) is 4.34. The van der Waals surface area contributed by atoms with E-state index in [2.05, 4.69) is 34.6 Å². The Hall–Kier alpha value is 0.0969. The maximum Gasteiger partial charge on any atom is 0.507 e. The lowest BCUT2D eigenvalue weighted by atomic mass is 9.78. The molecule has 0 aliphatic heterocycles. The van der Waals surface area contributed by atoms with E-state index in [0.29, 0.717) is 19.8 Å². The Morgan fingerprint density at radius 3 is 1.28 bits per heavy atom. The van der Waals surface area contributed by atoms with Crippen LogP contribution >= 0.6 is 0 Å². The van der Waals surface area contributed by atoms with Crippen molar-refractivity contribution < 1.29 is 13.3 Å². The van der Waals surface area contributed by atoms with E-state index in [4.69, 9.17) is 13.3 Å². The lowest BCUT2D eigenvalue weighted by molar-refractivity contribution is 0.0212. The van der Waals surface area contributed by atoms with Crippen LogP contribution < -0.4 is 0 Å². The fourth-order valence-corrected chi connectivity index (χ4v) is 5.57. The summed E-state index contributed by atoms with van der Waals surface area (Å²) in [7, 11) is -2.68. The maximum absolute atomic E-state index is 6.06. The summed E-state index contributed by atoms with van der Waals surface area (Å²) in [5.74, 6) is 0. The second-order valence-corrected chi connectivity index (χ2v) is 8.95. The van der Waals surface area contributed by atoms with Crippen LogP contribution in [-0.4, -0.2) is 28.6 Å². The summed E-state index contributed by atoms with van der Waals surface area (Å²) < 4.78 is 18.2. The van der Waals surface area contributed by atoms with E-state index in [9.17, 15) is 0 Å². The third kappa shape index (κ3) is 3.35. The van der Waals surface area contributed by atoms with Crippen molar-refractivity contribution >= 4 is 8.80 Å². The minimum Gasteiger partial charge on any atom is -0.373 e. The molecule has 0 radical (unpaired) electrons. The summed E-state index contributed by atoms with van der Waals surface area (Å²) in [5.41, 5.74) is 0.110. The van der Waals surface area contributed by atoms with Gasteiger partial charge in [-0.15, -0.1) is 0 Å². The van der Waals surface area contributed by atoms with Crippen molar-refractivity contribution in [3.8, 4) is 0 Å². The van der Waals surface area contributed by atoms with Crippen LogP contribution in [-0.2, 0) is 13.3 Å². The highest BCUT2D eigenvalue weighted by Gasteiger charge is 2.61. The molecule has 18 heavy (non-hydrogen) atoms. The Kier molecular flexibility index (Phi) is 7.07. The normalized spacial score (nSPS) is 14.0. The maximum atomic E-state index is 6.06. The second-order valence-electron chi connectivity index (χ2n) is 5.72. The van der Waals surface area contributed by atoms with Crippen molar-refractivity contribution in [3.63, 3.8) is 0 Å². The van der Waals surface area contributed by atoms with Crippen LogP contribution in [0.2, 0.25) is 5.04 Å². The monoisotopic (exact) mass is 276 g/mol. The molecular formula is C14H32O3Si. The predicted molar refractivity (Wildman–Crippen MR) is 78.7 cm³/mol. The summed E-state index contributed by atoms with van der Waals surface area (Å²) in [6.45, 7) is 19.1. The Bertz CT molecular complexity index is 222. The van der Waals surface area contributed by atoms with Crippen LogP contribution in [0.4, 0.5) is 0 Å². The highest BCUT2D eigenvalue weighted by Crippen LogP contribution is 2.55. The van der Waals surface area contributed by atoms with Crippen LogP contribution in [0.3, 0.4) is 0 Å². The summed E-state index contributed by atoms with van der Waals surface area (Å²) in [4.78, 5) is 0. The molecule has 0 saturated heterocycles. The van der Waals surface area contributed by atoms with Gasteiger partial charge in [0.05, 0.1) is 0 Å². The number of hydrogen-bond acceptors (Lipinski definition) is 3. The van der Waals surface area contributed by atoms with Gasteiger partial charge in [0.1, 0.15) is 0 Å². The fraction of sp³-hybridized carbons (Fsp3) is 1.00.